The molecular weight excluding hydrogens is 228 g/mol. The first-order chi connectivity index (χ1) is 8.77. The summed E-state index contributed by atoms with van der Waals surface area (Å²) in [7, 11) is 0. The van der Waals surface area contributed by atoms with Crippen LogP contribution in [-0.4, -0.2) is 42.1 Å². The van der Waals surface area contributed by atoms with Crippen molar-refractivity contribution in [1.29, 1.82) is 0 Å². The number of amides is 1. The minimum absolute atomic E-state index is 0.180. The van der Waals surface area contributed by atoms with Crippen molar-refractivity contribution in [2.45, 2.75) is 63.1 Å². The number of rotatable bonds is 2. The van der Waals surface area contributed by atoms with Crippen LogP contribution in [0.5, 0.6) is 0 Å². The number of nitrogens with zero attached hydrogens (tertiary/aromatic N) is 1. The lowest BCUT2D eigenvalue weighted by Crippen LogP contribution is -2.50. The number of ether oxygens (including phenoxy) is 1. The third kappa shape index (κ3) is 2.16. The van der Waals surface area contributed by atoms with Crippen molar-refractivity contribution in [3.8, 4) is 0 Å². The van der Waals surface area contributed by atoms with Crippen LogP contribution in [0.25, 0.3) is 0 Å². The van der Waals surface area contributed by atoms with Gasteiger partial charge in [-0.2, -0.15) is 0 Å². The lowest BCUT2D eigenvalue weighted by atomic mass is 9.83. The molecular formula is C14H24N2O2. The predicted molar refractivity (Wildman–Crippen MR) is 69.0 cm³/mol. The topological polar surface area (TPSA) is 55.6 Å². The summed E-state index contributed by atoms with van der Waals surface area (Å²) in [4.78, 5) is 14.5. The molecule has 0 aromatic carbocycles. The standard InChI is InChI=1S/C14H24N2O2/c15-13(10-4-2-1-3-5-10)14(17)16-8-6-12-11(16)7-9-18-12/h10-13H,1-9,15H2/t11-,12-,13?/m1/s1. The normalized spacial score (nSPS) is 34.6. The first-order valence-electron chi connectivity index (χ1n) is 7.45. The van der Waals surface area contributed by atoms with E-state index in [-0.39, 0.29) is 18.1 Å². The van der Waals surface area contributed by atoms with Gasteiger partial charge in [-0.3, -0.25) is 4.79 Å². The Hall–Kier alpha value is -0.610. The second kappa shape index (κ2) is 5.17. The van der Waals surface area contributed by atoms with Crippen molar-refractivity contribution >= 4 is 5.91 Å². The van der Waals surface area contributed by atoms with Gasteiger partial charge < -0.3 is 15.4 Å². The van der Waals surface area contributed by atoms with E-state index in [4.69, 9.17) is 10.5 Å². The maximum absolute atomic E-state index is 12.5. The molecule has 1 amide bonds. The van der Waals surface area contributed by atoms with Crippen molar-refractivity contribution in [2.75, 3.05) is 13.2 Å². The Balaban J connectivity index is 1.62. The van der Waals surface area contributed by atoms with Gasteiger partial charge in [-0.05, 0) is 31.6 Å². The molecule has 0 aromatic rings. The Kier molecular flexibility index (Phi) is 3.57. The maximum Gasteiger partial charge on any atom is 0.240 e. The van der Waals surface area contributed by atoms with E-state index in [1.807, 2.05) is 4.90 Å². The van der Waals surface area contributed by atoms with Crippen LogP contribution in [0.4, 0.5) is 0 Å². The summed E-state index contributed by atoms with van der Waals surface area (Å²) in [6, 6.07) is 0.0387. The molecule has 1 aliphatic carbocycles. The molecule has 4 heteroatoms. The SMILES string of the molecule is NC(C(=O)N1CC[C@H]2OCC[C@H]21)C1CCCCC1. The van der Waals surface area contributed by atoms with Crippen LogP contribution < -0.4 is 5.73 Å². The second-order valence-corrected chi connectivity index (χ2v) is 6.01. The van der Waals surface area contributed by atoms with E-state index in [1.165, 1.54) is 19.3 Å². The Bertz CT molecular complexity index is 315. The summed E-state index contributed by atoms with van der Waals surface area (Å²) in [5.41, 5.74) is 6.22. The zero-order valence-corrected chi connectivity index (χ0v) is 11.0. The lowest BCUT2D eigenvalue weighted by molar-refractivity contribution is -0.135. The Morgan fingerprint density at radius 1 is 1.17 bits per heavy atom. The molecule has 0 bridgehead atoms. The fourth-order valence-corrected chi connectivity index (χ4v) is 3.86. The van der Waals surface area contributed by atoms with Gasteiger partial charge in [0.25, 0.3) is 0 Å². The average Bonchev–Trinajstić information content (AvgIpc) is 3.00. The summed E-state index contributed by atoms with van der Waals surface area (Å²) in [5, 5.41) is 0. The van der Waals surface area contributed by atoms with Crippen molar-refractivity contribution in [2.24, 2.45) is 11.7 Å². The van der Waals surface area contributed by atoms with Crippen molar-refractivity contribution in [1.82, 2.24) is 4.90 Å². The highest BCUT2D eigenvalue weighted by atomic mass is 16.5. The molecule has 2 saturated heterocycles. The minimum Gasteiger partial charge on any atom is -0.376 e. The van der Waals surface area contributed by atoms with Gasteiger partial charge in [0.2, 0.25) is 5.91 Å². The van der Waals surface area contributed by atoms with Gasteiger partial charge in [0.05, 0.1) is 18.2 Å². The molecule has 18 heavy (non-hydrogen) atoms. The number of fused-ring (bicyclic) bond motifs is 1. The molecule has 0 radical (unpaired) electrons. The van der Waals surface area contributed by atoms with Crippen LogP contribution in [0.15, 0.2) is 0 Å². The molecule has 2 N–H and O–H groups in total. The van der Waals surface area contributed by atoms with Crippen LogP contribution in [0.1, 0.15) is 44.9 Å². The Morgan fingerprint density at radius 2 is 1.94 bits per heavy atom. The molecule has 0 aromatic heterocycles. The molecule has 2 heterocycles. The molecule has 0 spiro atoms. The molecule has 3 rings (SSSR count). The highest BCUT2D eigenvalue weighted by molar-refractivity contribution is 5.82. The minimum atomic E-state index is -0.273. The van der Waals surface area contributed by atoms with E-state index in [0.717, 1.165) is 38.8 Å². The predicted octanol–water partition coefficient (Wildman–Crippen LogP) is 1.28. The Morgan fingerprint density at radius 3 is 2.72 bits per heavy atom. The van der Waals surface area contributed by atoms with Gasteiger partial charge in [0.1, 0.15) is 0 Å². The monoisotopic (exact) mass is 252 g/mol. The summed E-state index contributed by atoms with van der Waals surface area (Å²) < 4.78 is 5.65. The first-order valence-corrected chi connectivity index (χ1v) is 7.45. The van der Waals surface area contributed by atoms with Crippen molar-refractivity contribution in [3.63, 3.8) is 0 Å². The number of carbonyl (C=O) groups is 1. The smallest absolute Gasteiger partial charge is 0.240 e. The summed E-state index contributed by atoms with van der Waals surface area (Å²) in [5.74, 6) is 0.590. The van der Waals surface area contributed by atoms with E-state index in [2.05, 4.69) is 0 Å². The van der Waals surface area contributed by atoms with E-state index in [1.54, 1.807) is 0 Å². The van der Waals surface area contributed by atoms with Crippen molar-refractivity contribution in [3.05, 3.63) is 0 Å². The molecule has 1 unspecified atom stereocenters. The molecule has 4 nitrogen and oxygen atoms in total. The number of hydrogen-bond acceptors (Lipinski definition) is 3. The molecule has 2 aliphatic heterocycles. The zero-order chi connectivity index (χ0) is 12.5. The van der Waals surface area contributed by atoms with E-state index < -0.39 is 0 Å². The van der Waals surface area contributed by atoms with Crippen LogP contribution >= 0.6 is 0 Å². The van der Waals surface area contributed by atoms with Crippen LogP contribution in [-0.2, 0) is 9.53 Å². The third-order valence-corrected chi connectivity index (χ3v) is 4.96. The fourth-order valence-electron chi connectivity index (χ4n) is 3.86. The number of carbonyl (C=O) groups excluding carboxylic acids is 1. The van der Waals surface area contributed by atoms with E-state index in [9.17, 15) is 4.79 Å². The van der Waals surface area contributed by atoms with E-state index in [0.29, 0.717) is 12.0 Å². The summed E-state index contributed by atoms with van der Waals surface area (Å²) in [6.07, 6.45) is 8.31. The fraction of sp³-hybridized carbons (Fsp3) is 0.929. The number of likely N-dealkylation sites (tertiary alicyclic amines) is 1. The molecule has 1 saturated carbocycles. The summed E-state index contributed by atoms with van der Waals surface area (Å²) >= 11 is 0. The molecule has 3 atom stereocenters. The molecule has 102 valence electrons. The number of nitrogens with two attached hydrogens (primary N) is 1. The second-order valence-electron chi connectivity index (χ2n) is 6.01. The average molecular weight is 252 g/mol. The highest BCUT2D eigenvalue weighted by Crippen LogP contribution is 2.32. The lowest BCUT2D eigenvalue weighted by Gasteiger charge is -2.31. The van der Waals surface area contributed by atoms with Gasteiger partial charge in [0.15, 0.2) is 0 Å². The largest absolute Gasteiger partial charge is 0.376 e. The van der Waals surface area contributed by atoms with Crippen molar-refractivity contribution < 1.29 is 9.53 Å². The van der Waals surface area contributed by atoms with Gasteiger partial charge in [-0.15, -0.1) is 0 Å². The maximum atomic E-state index is 12.5. The number of hydrogen-bond donors (Lipinski definition) is 1. The Labute approximate surface area is 109 Å². The zero-order valence-electron chi connectivity index (χ0n) is 11.0. The van der Waals surface area contributed by atoms with Crippen LogP contribution in [0.2, 0.25) is 0 Å². The molecule has 3 fully saturated rings. The first kappa shape index (κ1) is 12.4. The van der Waals surface area contributed by atoms with Gasteiger partial charge in [0, 0.05) is 13.2 Å². The van der Waals surface area contributed by atoms with E-state index >= 15 is 0 Å². The highest BCUT2D eigenvalue weighted by Gasteiger charge is 2.43. The van der Waals surface area contributed by atoms with Gasteiger partial charge in [-0.25, -0.2) is 0 Å². The van der Waals surface area contributed by atoms with Crippen LogP contribution in [0.3, 0.4) is 0 Å². The van der Waals surface area contributed by atoms with Crippen LogP contribution in [0, 0.1) is 5.92 Å². The van der Waals surface area contributed by atoms with Gasteiger partial charge in [-0.1, -0.05) is 19.3 Å². The quantitative estimate of drug-likeness (QED) is 0.805. The summed E-state index contributed by atoms with van der Waals surface area (Å²) in [6.45, 7) is 1.65. The van der Waals surface area contributed by atoms with Gasteiger partial charge >= 0.3 is 0 Å². The molecule has 3 aliphatic rings. The third-order valence-electron chi connectivity index (χ3n) is 4.96.